The van der Waals surface area contributed by atoms with Crippen LogP contribution in [0.15, 0.2) is 24.3 Å². The summed E-state index contributed by atoms with van der Waals surface area (Å²) in [5, 5.41) is 5.00. The topological polar surface area (TPSA) is 27.1 Å². The van der Waals surface area contributed by atoms with Gasteiger partial charge in [0.05, 0.1) is 18.5 Å². The zero-order valence-electron chi connectivity index (χ0n) is 12.8. The summed E-state index contributed by atoms with van der Waals surface area (Å²) in [6.07, 6.45) is 6.28. The minimum Gasteiger partial charge on any atom is -0.497 e. The lowest BCUT2D eigenvalue weighted by Crippen LogP contribution is -2.14. The van der Waals surface area contributed by atoms with Crippen LogP contribution in [0.25, 0.3) is 5.69 Å². The van der Waals surface area contributed by atoms with Crippen molar-refractivity contribution in [2.45, 2.75) is 44.9 Å². The number of nitrogens with zero attached hydrogens (tertiary/aromatic N) is 2. The van der Waals surface area contributed by atoms with Crippen LogP contribution >= 0.6 is 0 Å². The van der Waals surface area contributed by atoms with Crippen LogP contribution in [-0.4, -0.2) is 16.9 Å². The zero-order valence-corrected chi connectivity index (χ0v) is 12.8. The first-order chi connectivity index (χ1) is 10.3. The van der Waals surface area contributed by atoms with Crippen molar-refractivity contribution in [1.29, 1.82) is 0 Å². The van der Waals surface area contributed by atoms with Gasteiger partial charge in [-0.1, -0.05) is 13.0 Å². The highest BCUT2D eigenvalue weighted by Gasteiger charge is 2.33. The molecule has 110 valence electrons. The number of ether oxygens (including phenoxy) is 1. The number of benzene rings is 1. The Bertz CT molecular complexity index is 670. The van der Waals surface area contributed by atoms with E-state index < -0.39 is 0 Å². The van der Waals surface area contributed by atoms with Gasteiger partial charge in [0, 0.05) is 17.7 Å². The predicted octanol–water partition coefficient (Wildman–Crippen LogP) is 3.88. The molecule has 3 nitrogen and oxygen atoms in total. The Balaban J connectivity index is 1.84. The zero-order chi connectivity index (χ0) is 14.4. The largest absolute Gasteiger partial charge is 0.497 e. The predicted molar refractivity (Wildman–Crippen MR) is 83.3 cm³/mol. The lowest BCUT2D eigenvalue weighted by Gasteiger charge is -2.20. The van der Waals surface area contributed by atoms with Gasteiger partial charge in [0.1, 0.15) is 5.75 Å². The molecule has 0 saturated heterocycles. The number of fused-ring (bicyclic) bond motifs is 1. The van der Waals surface area contributed by atoms with Crippen LogP contribution in [0.3, 0.4) is 0 Å². The second kappa shape index (κ2) is 4.90. The summed E-state index contributed by atoms with van der Waals surface area (Å²) in [4.78, 5) is 0. The van der Waals surface area contributed by atoms with E-state index in [1.54, 1.807) is 12.7 Å². The molecule has 21 heavy (non-hydrogen) atoms. The summed E-state index contributed by atoms with van der Waals surface area (Å²) in [6.45, 7) is 2.35. The van der Waals surface area contributed by atoms with Gasteiger partial charge in [-0.2, -0.15) is 5.10 Å². The maximum absolute atomic E-state index is 5.37. The van der Waals surface area contributed by atoms with Gasteiger partial charge in [-0.3, -0.25) is 0 Å². The number of hydrogen-bond donors (Lipinski definition) is 0. The number of aromatic nitrogens is 2. The standard InChI is InChI=1S/C18H22N2O/c1-12-6-9-16-17(10-12)20(19-18(16)13-7-8-13)14-4-3-5-15(11-14)21-2/h3-5,11-13H,6-10H2,1-2H3. The second-order valence-corrected chi connectivity index (χ2v) is 6.55. The molecule has 2 aliphatic rings. The molecule has 1 unspecified atom stereocenters. The van der Waals surface area contributed by atoms with Crippen molar-refractivity contribution in [3.05, 3.63) is 41.2 Å². The smallest absolute Gasteiger partial charge is 0.121 e. The van der Waals surface area contributed by atoms with E-state index in [0.29, 0.717) is 0 Å². The Morgan fingerprint density at radius 3 is 2.86 bits per heavy atom. The molecule has 1 aromatic carbocycles. The molecular weight excluding hydrogens is 260 g/mol. The van der Waals surface area contributed by atoms with Crippen molar-refractivity contribution in [2.24, 2.45) is 5.92 Å². The van der Waals surface area contributed by atoms with Crippen molar-refractivity contribution in [2.75, 3.05) is 7.11 Å². The summed E-state index contributed by atoms with van der Waals surface area (Å²) >= 11 is 0. The molecular formula is C18H22N2O. The Labute approximate surface area is 125 Å². The second-order valence-electron chi connectivity index (χ2n) is 6.55. The molecule has 2 aliphatic carbocycles. The summed E-state index contributed by atoms with van der Waals surface area (Å²) in [6, 6.07) is 8.25. The van der Waals surface area contributed by atoms with Crippen LogP contribution in [0.2, 0.25) is 0 Å². The molecule has 1 saturated carbocycles. The molecule has 1 fully saturated rings. The maximum Gasteiger partial charge on any atom is 0.121 e. The van der Waals surface area contributed by atoms with Gasteiger partial charge in [0.15, 0.2) is 0 Å². The Morgan fingerprint density at radius 1 is 1.24 bits per heavy atom. The summed E-state index contributed by atoms with van der Waals surface area (Å²) in [5.74, 6) is 2.37. The third-order valence-electron chi connectivity index (χ3n) is 4.81. The quantitative estimate of drug-likeness (QED) is 0.854. The van der Waals surface area contributed by atoms with Crippen molar-refractivity contribution in [1.82, 2.24) is 9.78 Å². The highest BCUT2D eigenvalue weighted by Crippen LogP contribution is 2.44. The lowest BCUT2D eigenvalue weighted by molar-refractivity contribution is 0.414. The lowest BCUT2D eigenvalue weighted by atomic mass is 9.87. The normalized spacial score (nSPS) is 21.1. The molecule has 0 radical (unpaired) electrons. The van der Waals surface area contributed by atoms with Gasteiger partial charge in [0.25, 0.3) is 0 Å². The van der Waals surface area contributed by atoms with Gasteiger partial charge in [-0.05, 0) is 55.7 Å². The molecule has 1 aromatic heterocycles. The van der Waals surface area contributed by atoms with Crippen LogP contribution in [-0.2, 0) is 12.8 Å². The summed E-state index contributed by atoms with van der Waals surface area (Å²) in [7, 11) is 1.72. The van der Waals surface area contributed by atoms with Crippen LogP contribution in [0.5, 0.6) is 5.75 Å². The average Bonchev–Trinajstić information content (AvgIpc) is 3.28. The molecule has 2 aromatic rings. The maximum atomic E-state index is 5.37. The van der Waals surface area contributed by atoms with Crippen molar-refractivity contribution in [3.8, 4) is 11.4 Å². The molecule has 3 heteroatoms. The molecule has 1 atom stereocenters. The fourth-order valence-corrected chi connectivity index (χ4v) is 3.45. The fraction of sp³-hybridized carbons (Fsp3) is 0.500. The van der Waals surface area contributed by atoms with Crippen LogP contribution in [0.4, 0.5) is 0 Å². The first-order valence-corrected chi connectivity index (χ1v) is 8.01. The van der Waals surface area contributed by atoms with Gasteiger partial charge in [-0.25, -0.2) is 4.68 Å². The van der Waals surface area contributed by atoms with E-state index in [2.05, 4.69) is 23.7 Å². The highest BCUT2D eigenvalue weighted by molar-refractivity contribution is 5.44. The third-order valence-corrected chi connectivity index (χ3v) is 4.81. The van der Waals surface area contributed by atoms with Crippen molar-refractivity contribution >= 4 is 0 Å². The van der Waals surface area contributed by atoms with Crippen molar-refractivity contribution in [3.63, 3.8) is 0 Å². The van der Waals surface area contributed by atoms with Gasteiger partial charge < -0.3 is 4.74 Å². The highest BCUT2D eigenvalue weighted by atomic mass is 16.5. The molecule has 4 rings (SSSR count). The van der Waals surface area contributed by atoms with E-state index in [-0.39, 0.29) is 0 Å². The minimum absolute atomic E-state index is 0.721. The molecule has 0 aliphatic heterocycles. The summed E-state index contributed by atoms with van der Waals surface area (Å²) in [5.41, 5.74) is 5.48. The van der Waals surface area contributed by atoms with Gasteiger partial charge in [0.2, 0.25) is 0 Å². The van der Waals surface area contributed by atoms with E-state index in [9.17, 15) is 0 Å². The molecule has 0 spiro atoms. The van der Waals surface area contributed by atoms with Crippen molar-refractivity contribution < 1.29 is 4.74 Å². The van der Waals surface area contributed by atoms with E-state index in [0.717, 1.165) is 29.7 Å². The fourth-order valence-electron chi connectivity index (χ4n) is 3.45. The van der Waals surface area contributed by atoms with E-state index >= 15 is 0 Å². The molecule has 1 heterocycles. The van der Waals surface area contributed by atoms with Crippen LogP contribution < -0.4 is 4.74 Å². The Morgan fingerprint density at radius 2 is 2.10 bits per heavy atom. The number of rotatable bonds is 3. The number of methoxy groups -OCH3 is 1. The first kappa shape index (κ1) is 12.9. The van der Waals surface area contributed by atoms with Crippen LogP contribution in [0.1, 0.15) is 49.1 Å². The Hall–Kier alpha value is -1.77. The van der Waals surface area contributed by atoms with Gasteiger partial charge in [-0.15, -0.1) is 0 Å². The summed E-state index contributed by atoms with van der Waals surface area (Å²) < 4.78 is 7.55. The minimum atomic E-state index is 0.721. The first-order valence-electron chi connectivity index (χ1n) is 8.01. The number of hydrogen-bond acceptors (Lipinski definition) is 2. The molecule has 0 bridgehead atoms. The van der Waals surface area contributed by atoms with Gasteiger partial charge >= 0.3 is 0 Å². The van der Waals surface area contributed by atoms with E-state index in [1.165, 1.54) is 37.1 Å². The van der Waals surface area contributed by atoms with E-state index in [4.69, 9.17) is 9.84 Å². The SMILES string of the molecule is COc1cccc(-n2nc(C3CC3)c3c2CC(C)CC3)c1. The van der Waals surface area contributed by atoms with Crippen LogP contribution in [0, 0.1) is 5.92 Å². The van der Waals surface area contributed by atoms with E-state index in [1.807, 2.05) is 12.1 Å². The molecule has 0 amide bonds. The monoisotopic (exact) mass is 282 g/mol. The molecule has 0 N–H and O–H groups in total. The third kappa shape index (κ3) is 2.25. The Kier molecular flexibility index (Phi) is 3.02. The average molecular weight is 282 g/mol.